The third kappa shape index (κ3) is 8.41. The van der Waals surface area contributed by atoms with Crippen LogP contribution in [0, 0.1) is 0 Å². The zero-order valence-electron chi connectivity index (χ0n) is 14.7. The fourth-order valence-corrected chi connectivity index (χ4v) is 2.28. The Bertz CT molecular complexity index is 465. The molecule has 0 heterocycles. The van der Waals surface area contributed by atoms with Gasteiger partial charge in [0.05, 0.1) is 6.61 Å². The summed E-state index contributed by atoms with van der Waals surface area (Å²) >= 11 is 0. The fraction of sp³-hybridized carbons (Fsp3) is 0.526. The molecule has 0 aliphatic heterocycles. The Balaban J connectivity index is 2.22. The quantitative estimate of drug-likeness (QED) is 0.502. The molecule has 0 saturated heterocycles. The molecule has 128 valence electrons. The summed E-state index contributed by atoms with van der Waals surface area (Å²) in [6.07, 6.45) is 5.53. The van der Waals surface area contributed by atoms with Crippen LogP contribution in [0.25, 0.3) is 6.08 Å². The third-order valence-electron chi connectivity index (χ3n) is 3.71. The molecule has 0 bridgehead atoms. The summed E-state index contributed by atoms with van der Waals surface area (Å²) in [6, 6.07) is 7.71. The average molecular weight is 318 g/mol. The van der Waals surface area contributed by atoms with Crippen molar-refractivity contribution >= 4 is 12.0 Å². The molecule has 0 radical (unpaired) electrons. The highest BCUT2D eigenvalue weighted by Crippen LogP contribution is 2.12. The first-order valence-corrected chi connectivity index (χ1v) is 8.60. The second-order valence-electron chi connectivity index (χ2n) is 5.36. The van der Waals surface area contributed by atoms with E-state index in [4.69, 9.17) is 4.74 Å². The second-order valence-corrected chi connectivity index (χ2v) is 5.36. The number of hydrogen-bond acceptors (Lipinski definition) is 3. The van der Waals surface area contributed by atoms with Gasteiger partial charge in [-0.1, -0.05) is 26.0 Å². The fourth-order valence-electron chi connectivity index (χ4n) is 2.28. The zero-order valence-corrected chi connectivity index (χ0v) is 14.7. The van der Waals surface area contributed by atoms with Crippen LogP contribution in [0.1, 0.15) is 39.2 Å². The Labute approximate surface area is 140 Å². The summed E-state index contributed by atoms with van der Waals surface area (Å²) in [4.78, 5) is 14.2. The summed E-state index contributed by atoms with van der Waals surface area (Å²) in [5.41, 5.74) is 0.991. The van der Waals surface area contributed by atoms with Crippen molar-refractivity contribution in [3.8, 4) is 5.75 Å². The Morgan fingerprint density at radius 2 is 1.83 bits per heavy atom. The summed E-state index contributed by atoms with van der Waals surface area (Å²) in [5.74, 6) is 0.809. The van der Waals surface area contributed by atoms with Crippen molar-refractivity contribution in [1.29, 1.82) is 0 Å². The van der Waals surface area contributed by atoms with E-state index in [9.17, 15) is 4.79 Å². The summed E-state index contributed by atoms with van der Waals surface area (Å²) < 4.78 is 5.39. The Hall–Kier alpha value is -1.81. The highest BCUT2D eigenvalue weighted by atomic mass is 16.5. The monoisotopic (exact) mass is 318 g/mol. The lowest BCUT2D eigenvalue weighted by molar-refractivity contribution is -0.116. The smallest absolute Gasteiger partial charge is 0.243 e. The van der Waals surface area contributed by atoms with Gasteiger partial charge in [0, 0.05) is 12.6 Å². The SMILES string of the molecule is CCOc1ccc(/C=C/C(=O)NCCCCN(CC)CC)cc1. The number of amides is 1. The van der Waals surface area contributed by atoms with Crippen molar-refractivity contribution in [1.82, 2.24) is 10.2 Å². The Kier molecular flexibility index (Phi) is 9.80. The van der Waals surface area contributed by atoms with Crippen molar-refractivity contribution in [3.05, 3.63) is 35.9 Å². The molecule has 1 aromatic rings. The predicted molar refractivity (Wildman–Crippen MR) is 96.7 cm³/mol. The van der Waals surface area contributed by atoms with Gasteiger partial charge in [-0.25, -0.2) is 0 Å². The minimum Gasteiger partial charge on any atom is -0.494 e. The molecule has 0 aliphatic rings. The van der Waals surface area contributed by atoms with E-state index in [2.05, 4.69) is 24.1 Å². The molecule has 0 atom stereocenters. The molecule has 23 heavy (non-hydrogen) atoms. The predicted octanol–water partition coefficient (Wildman–Crippen LogP) is 3.34. The van der Waals surface area contributed by atoms with E-state index in [1.54, 1.807) is 6.08 Å². The minimum atomic E-state index is -0.0401. The maximum Gasteiger partial charge on any atom is 0.243 e. The van der Waals surface area contributed by atoms with Crippen LogP contribution in [0.4, 0.5) is 0 Å². The van der Waals surface area contributed by atoms with Crippen LogP contribution in [0.3, 0.4) is 0 Å². The highest BCUT2D eigenvalue weighted by molar-refractivity contribution is 5.91. The van der Waals surface area contributed by atoms with E-state index in [1.165, 1.54) is 0 Å². The van der Waals surface area contributed by atoms with Crippen LogP contribution >= 0.6 is 0 Å². The number of ether oxygens (including phenoxy) is 1. The molecule has 0 aromatic heterocycles. The van der Waals surface area contributed by atoms with Crippen LogP contribution in [0.2, 0.25) is 0 Å². The normalized spacial score (nSPS) is 11.1. The van der Waals surface area contributed by atoms with Crippen LogP contribution in [-0.2, 0) is 4.79 Å². The van der Waals surface area contributed by atoms with E-state index < -0.39 is 0 Å². The number of nitrogens with one attached hydrogen (secondary N) is 1. The molecule has 0 spiro atoms. The van der Waals surface area contributed by atoms with Crippen molar-refractivity contribution < 1.29 is 9.53 Å². The van der Waals surface area contributed by atoms with Crippen LogP contribution in [0.5, 0.6) is 5.75 Å². The van der Waals surface area contributed by atoms with E-state index in [1.807, 2.05) is 37.3 Å². The van der Waals surface area contributed by atoms with Gasteiger partial charge in [0.15, 0.2) is 0 Å². The summed E-state index contributed by atoms with van der Waals surface area (Å²) in [7, 11) is 0. The molecule has 0 unspecified atom stereocenters. The van der Waals surface area contributed by atoms with Gasteiger partial charge >= 0.3 is 0 Å². The molecule has 4 heteroatoms. The number of unbranched alkanes of at least 4 members (excludes halogenated alkanes) is 1. The van der Waals surface area contributed by atoms with Crippen LogP contribution in [0.15, 0.2) is 30.3 Å². The first-order valence-electron chi connectivity index (χ1n) is 8.60. The maximum atomic E-state index is 11.8. The van der Waals surface area contributed by atoms with Crippen molar-refractivity contribution in [2.24, 2.45) is 0 Å². The molecule has 0 saturated carbocycles. The molecular weight excluding hydrogens is 288 g/mol. The van der Waals surface area contributed by atoms with Gasteiger partial charge in [0.1, 0.15) is 5.75 Å². The van der Waals surface area contributed by atoms with Gasteiger partial charge < -0.3 is 15.0 Å². The van der Waals surface area contributed by atoms with E-state index in [0.717, 1.165) is 50.3 Å². The standard InChI is InChI=1S/C19H30N2O2/c1-4-21(5-2)16-8-7-15-20-19(22)14-11-17-9-12-18(13-10-17)23-6-3/h9-14H,4-8,15-16H2,1-3H3,(H,20,22)/b14-11+. The molecule has 4 nitrogen and oxygen atoms in total. The van der Waals surface area contributed by atoms with Crippen LogP contribution < -0.4 is 10.1 Å². The topological polar surface area (TPSA) is 41.6 Å². The average Bonchev–Trinajstić information content (AvgIpc) is 2.58. The van der Waals surface area contributed by atoms with Gasteiger partial charge in [-0.2, -0.15) is 0 Å². The van der Waals surface area contributed by atoms with Crippen molar-refractivity contribution in [3.63, 3.8) is 0 Å². The Morgan fingerprint density at radius 1 is 1.13 bits per heavy atom. The van der Waals surface area contributed by atoms with E-state index >= 15 is 0 Å². The minimum absolute atomic E-state index is 0.0401. The maximum absolute atomic E-state index is 11.8. The number of benzene rings is 1. The third-order valence-corrected chi connectivity index (χ3v) is 3.71. The highest BCUT2D eigenvalue weighted by Gasteiger charge is 1.99. The number of rotatable bonds is 11. The van der Waals surface area contributed by atoms with Gasteiger partial charge in [-0.05, 0) is 63.2 Å². The van der Waals surface area contributed by atoms with Crippen molar-refractivity contribution in [2.75, 3.05) is 32.8 Å². The first kappa shape index (κ1) is 19.2. The number of carbonyl (C=O) groups is 1. The molecule has 1 amide bonds. The molecule has 1 aromatic carbocycles. The zero-order chi connectivity index (χ0) is 16.9. The van der Waals surface area contributed by atoms with E-state index in [0.29, 0.717) is 6.61 Å². The number of carbonyl (C=O) groups excluding carboxylic acids is 1. The largest absolute Gasteiger partial charge is 0.494 e. The lowest BCUT2D eigenvalue weighted by atomic mass is 10.2. The lowest BCUT2D eigenvalue weighted by Crippen LogP contribution is -2.26. The van der Waals surface area contributed by atoms with E-state index in [-0.39, 0.29) is 5.91 Å². The summed E-state index contributed by atoms with van der Waals surface area (Å²) in [5, 5.41) is 2.93. The molecule has 0 aliphatic carbocycles. The Morgan fingerprint density at radius 3 is 2.43 bits per heavy atom. The van der Waals surface area contributed by atoms with Gasteiger partial charge in [0.2, 0.25) is 5.91 Å². The lowest BCUT2D eigenvalue weighted by Gasteiger charge is -2.17. The summed E-state index contributed by atoms with van der Waals surface area (Å²) in [6.45, 7) is 11.0. The number of nitrogens with zero attached hydrogens (tertiary/aromatic N) is 1. The second kappa shape index (κ2) is 11.7. The molecule has 1 rings (SSSR count). The first-order chi connectivity index (χ1) is 11.2. The number of hydrogen-bond donors (Lipinski definition) is 1. The van der Waals surface area contributed by atoms with Gasteiger partial charge in [0.25, 0.3) is 0 Å². The van der Waals surface area contributed by atoms with Gasteiger partial charge in [-0.15, -0.1) is 0 Å². The van der Waals surface area contributed by atoms with Gasteiger partial charge in [-0.3, -0.25) is 4.79 Å². The van der Waals surface area contributed by atoms with Crippen molar-refractivity contribution in [2.45, 2.75) is 33.6 Å². The molecular formula is C19H30N2O2. The molecule has 1 N–H and O–H groups in total. The molecule has 0 fully saturated rings. The van der Waals surface area contributed by atoms with Crippen LogP contribution in [-0.4, -0.2) is 43.6 Å².